The molecule has 0 fully saturated rings. The minimum absolute atomic E-state index is 0.0222. The van der Waals surface area contributed by atoms with Gasteiger partial charge in [0.05, 0.1) is 13.0 Å². The normalized spacial score (nSPS) is 10.9. The molecule has 4 nitrogen and oxygen atoms in total. The zero-order valence-corrected chi connectivity index (χ0v) is 15.9. The van der Waals surface area contributed by atoms with Crippen LogP contribution in [0.25, 0.3) is 10.8 Å². The van der Waals surface area contributed by atoms with Crippen LogP contribution in [-0.4, -0.2) is 38.1 Å². The molecule has 0 saturated heterocycles. The van der Waals surface area contributed by atoms with Gasteiger partial charge in [0, 0.05) is 12.2 Å². The van der Waals surface area contributed by atoms with E-state index in [2.05, 4.69) is 42.5 Å². The number of rotatable bonds is 8. The molecule has 3 aromatic rings. The van der Waals surface area contributed by atoms with Crippen LogP contribution in [-0.2, 0) is 11.2 Å². The van der Waals surface area contributed by atoms with Gasteiger partial charge >= 0.3 is 0 Å². The smallest absolute Gasteiger partial charge is 0.228 e. The van der Waals surface area contributed by atoms with Crippen LogP contribution in [0.3, 0.4) is 0 Å². The van der Waals surface area contributed by atoms with Crippen LogP contribution in [0.1, 0.15) is 12.0 Å². The van der Waals surface area contributed by atoms with Crippen molar-refractivity contribution in [3.63, 3.8) is 0 Å². The molecular formula is C23H26N2O2. The molecule has 0 saturated carbocycles. The maximum Gasteiger partial charge on any atom is 0.228 e. The van der Waals surface area contributed by atoms with Crippen molar-refractivity contribution in [2.75, 3.05) is 32.6 Å². The fourth-order valence-electron chi connectivity index (χ4n) is 3.03. The number of carbonyl (C=O) groups excluding carboxylic acids is 1. The highest BCUT2D eigenvalue weighted by Gasteiger charge is 2.07. The topological polar surface area (TPSA) is 41.6 Å². The van der Waals surface area contributed by atoms with Crippen molar-refractivity contribution in [2.45, 2.75) is 12.8 Å². The lowest BCUT2D eigenvalue weighted by Crippen LogP contribution is -2.15. The van der Waals surface area contributed by atoms with Crippen LogP contribution in [0, 0.1) is 0 Å². The van der Waals surface area contributed by atoms with Crippen molar-refractivity contribution in [3.05, 3.63) is 72.3 Å². The second-order valence-electron chi connectivity index (χ2n) is 6.89. The van der Waals surface area contributed by atoms with Crippen LogP contribution in [0.15, 0.2) is 66.7 Å². The minimum atomic E-state index is -0.0222. The van der Waals surface area contributed by atoms with Crippen molar-refractivity contribution < 1.29 is 9.53 Å². The third kappa shape index (κ3) is 5.56. The van der Waals surface area contributed by atoms with E-state index in [-0.39, 0.29) is 5.91 Å². The third-order valence-corrected chi connectivity index (χ3v) is 4.39. The first-order chi connectivity index (χ1) is 13.1. The number of hydrogen-bond acceptors (Lipinski definition) is 3. The molecule has 27 heavy (non-hydrogen) atoms. The largest absolute Gasteiger partial charge is 0.494 e. The van der Waals surface area contributed by atoms with E-state index in [0.29, 0.717) is 13.0 Å². The Hall–Kier alpha value is -2.85. The molecule has 3 aromatic carbocycles. The molecule has 0 spiro atoms. The van der Waals surface area contributed by atoms with E-state index >= 15 is 0 Å². The molecule has 1 N–H and O–H groups in total. The summed E-state index contributed by atoms with van der Waals surface area (Å²) in [6.07, 6.45) is 1.33. The summed E-state index contributed by atoms with van der Waals surface area (Å²) in [6.45, 7) is 1.69. The number of ether oxygens (including phenoxy) is 1. The van der Waals surface area contributed by atoms with Gasteiger partial charge in [0.25, 0.3) is 0 Å². The first-order valence-electron chi connectivity index (χ1n) is 9.26. The van der Waals surface area contributed by atoms with E-state index in [0.717, 1.165) is 40.7 Å². The van der Waals surface area contributed by atoms with Crippen LogP contribution >= 0.6 is 0 Å². The predicted molar refractivity (Wildman–Crippen MR) is 111 cm³/mol. The molecule has 3 rings (SSSR count). The van der Waals surface area contributed by atoms with E-state index in [4.69, 9.17) is 4.74 Å². The minimum Gasteiger partial charge on any atom is -0.494 e. The van der Waals surface area contributed by atoms with Crippen LogP contribution in [0.5, 0.6) is 5.75 Å². The number of hydrogen-bond donors (Lipinski definition) is 1. The first-order valence-corrected chi connectivity index (χ1v) is 9.26. The maximum absolute atomic E-state index is 12.4. The number of nitrogens with one attached hydrogen (secondary N) is 1. The van der Waals surface area contributed by atoms with E-state index < -0.39 is 0 Å². The van der Waals surface area contributed by atoms with Gasteiger partial charge in [-0.05, 0) is 61.1 Å². The SMILES string of the molecule is CN(C)CCCOc1ccc(NC(=O)Cc2cccc3ccccc23)cc1. The van der Waals surface area contributed by atoms with Crippen molar-refractivity contribution in [2.24, 2.45) is 0 Å². The summed E-state index contributed by atoms with van der Waals surface area (Å²) < 4.78 is 5.72. The summed E-state index contributed by atoms with van der Waals surface area (Å²) in [4.78, 5) is 14.6. The van der Waals surface area contributed by atoms with Crippen LogP contribution in [0.4, 0.5) is 5.69 Å². The first kappa shape index (κ1) is 18.9. The molecule has 0 radical (unpaired) electrons. The van der Waals surface area contributed by atoms with Gasteiger partial charge in [-0.25, -0.2) is 0 Å². The standard InChI is InChI=1S/C23H26N2O2/c1-25(2)15-6-16-27-21-13-11-20(12-14-21)24-23(26)17-19-9-5-8-18-7-3-4-10-22(18)19/h3-5,7-14H,6,15-17H2,1-2H3,(H,24,26). The summed E-state index contributed by atoms with van der Waals surface area (Å²) in [5, 5.41) is 5.24. The summed E-state index contributed by atoms with van der Waals surface area (Å²) >= 11 is 0. The average Bonchev–Trinajstić information content (AvgIpc) is 2.66. The predicted octanol–water partition coefficient (Wildman–Crippen LogP) is 4.35. The third-order valence-electron chi connectivity index (χ3n) is 4.39. The van der Waals surface area contributed by atoms with Gasteiger partial charge in [0.2, 0.25) is 5.91 Å². The fourth-order valence-corrected chi connectivity index (χ4v) is 3.03. The quantitative estimate of drug-likeness (QED) is 0.606. The van der Waals surface area contributed by atoms with E-state index in [1.165, 1.54) is 0 Å². The van der Waals surface area contributed by atoms with Gasteiger partial charge in [-0.15, -0.1) is 0 Å². The molecule has 4 heteroatoms. The van der Waals surface area contributed by atoms with E-state index in [9.17, 15) is 4.79 Å². The summed E-state index contributed by atoms with van der Waals surface area (Å²) in [5.41, 5.74) is 1.81. The summed E-state index contributed by atoms with van der Waals surface area (Å²) in [5.74, 6) is 0.798. The molecule has 0 bridgehead atoms. The monoisotopic (exact) mass is 362 g/mol. The highest BCUT2D eigenvalue weighted by Crippen LogP contribution is 2.20. The Morgan fingerprint density at radius 3 is 2.48 bits per heavy atom. The highest BCUT2D eigenvalue weighted by molar-refractivity contribution is 5.96. The second kappa shape index (κ2) is 9.19. The van der Waals surface area contributed by atoms with Gasteiger partial charge in [0.15, 0.2) is 0 Å². The molecule has 0 aliphatic rings. The molecule has 0 heterocycles. The van der Waals surface area contributed by atoms with Crippen LogP contribution < -0.4 is 10.1 Å². The number of benzene rings is 3. The number of anilines is 1. The van der Waals surface area contributed by atoms with Crippen molar-refractivity contribution in [1.29, 1.82) is 0 Å². The van der Waals surface area contributed by atoms with E-state index in [1.807, 2.05) is 48.5 Å². The van der Waals surface area contributed by atoms with E-state index in [1.54, 1.807) is 0 Å². The fraction of sp³-hybridized carbons (Fsp3) is 0.261. The Morgan fingerprint density at radius 1 is 0.963 bits per heavy atom. The number of nitrogens with zero attached hydrogens (tertiary/aromatic N) is 1. The molecule has 0 aliphatic heterocycles. The molecule has 140 valence electrons. The lowest BCUT2D eigenvalue weighted by atomic mass is 10.0. The van der Waals surface area contributed by atoms with Gasteiger partial charge in [-0.1, -0.05) is 42.5 Å². The van der Waals surface area contributed by atoms with Gasteiger partial charge in [-0.2, -0.15) is 0 Å². The molecule has 0 atom stereocenters. The molecule has 0 aromatic heterocycles. The van der Waals surface area contributed by atoms with Gasteiger partial charge in [0.1, 0.15) is 5.75 Å². The number of amides is 1. The summed E-state index contributed by atoms with van der Waals surface area (Å²) in [6, 6.07) is 21.7. The van der Waals surface area contributed by atoms with Gasteiger partial charge in [-0.3, -0.25) is 4.79 Å². The highest BCUT2D eigenvalue weighted by atomic mass is 16.5. The molecule has 1 amide bonds. The zero-order valence-electron chi connectivity index (χ0n) is 15.9. The molecule has 0 unspecified atom stereocenters. The van der Waals surface area contributed by atoms with Gasteiger partial charge < -0.3 is 15.0 Å². The Labute approximate surface area is 160 Å². The van der Waals surface area contributed by atoms with Crippen LogP contribution in [0.2, 0.25) is 0 Å². The van der Waals surface area contributed by atoms with Crippen molar-refractivity contribution in [1.82, 2.24) is 4.90 Å². The Balaban J connectivity index is 1.55. The number of fused-ring (bicyclic) bond motifs is 1. The Bertz CT molecular complexity index is 883. The lowest BCUT2D eigenvalue weighted by Gasteiger charge is -2.11. The summed E-state index contributed by atoms with van der Waals surface area (Å²) in [7, 11) is 4.10. The van der Waals surface area contributed by atoms with Crippen molar-refractivity contribution >= 4 is 22.4 Å². The number of carbonyl (C=O) groups is 1. The Kier molecular flexibility index (Phi) is 6.44. The molecular weight excluding hydrogens is 336 g/mol. The maximum atomic E-state index is 12.4. The van der Waals surface area contributed by atoms with Crippen molar-refractivity contribution in [3.8, 4) is 5.75 Å². The Morgan fingerprint density at radius 2 is 1.70 bits per heavy atom. The lowest BCUT2D eigenvalue weighted by molar-refractivity contribution is -0.115. The average molecular weight is 362 g/mol. The second-order valence-corrected chi connectivity index (χ2v) is 6.89. The molecule has 0 aliphatic carbocycles. The zero-order chi connectivity index (χ0) is 19.1.